The SMILES string of the molecule is Cc1ccccc1-c1noc(C2CC2)c1CCC1CCN(c2nc3ccc(C(=O)NS(=O)(=O)C4(C)CC4)cc3s2)CC1. The molecule has 1 amide bonds. The smallest absolute Gasteiger partial charge is 0.264 e. The molecular formula is C32H36N4O4S2. The molecule has 3 aliphatic rings. The number of nitrogens with zero attached hydrogens (tertiary/aromatic N) is 3. The summed E-state index contributed by atoms with van der Waals surface area (Å²) in [5.41, 5.74) is 5.90. The molecule has 1 N–H and O–H groups in total. The third kappa shape index (κ3) is 5.24. The summed E-state index contributed by atoms with van der Waals surface area (Å²) in [6.07, 6.45) is 7.87. The Kier molecular flexibility index (Phi) is 6.89. The van der Waals surface area contributed by atoms with Crippen LogP contribution in [0.15, 0.2) is 47.0 Å². The van der Waals surface area contributed by atoms with Crippen molar-refractivity contribution in [3.8, 4) is 11.3 Å². The number of nitrogens with one attached hydrogen (secondary N) is 1. The first kappa shape index (κ1) is 27.6. The van der Waals surface area contributed by atoms with Crippen LogP contribution in [0.25, 0.3) is 21.5 Å². The van der Waals surface area contributed by atoms with Crippen molar-refractivity contribution in [3.05, 3.63) is 64.9 Å². The number of aromatic nitrogens is 2. The average Bonchev–Trinajstić information content (AvgIpc) is 3.89. The fourth-order valence-corrected chi connectivity index (χ4v) is 8.28. The topological polar surface area (TPSA) is 105 Å². The number of hydrogen-bond acceptors (Lipinski definition) is 8. The molecule has 220 valence electrons. The van der Waals surface area contributed by atoms with Crippen LogP contribution in [0.1, 0.15) is 85.0 Å². The zero-order chi connectivity index (χ0) is 29.1. The predicted molar refractivity (Wildman–Crippen MR) is 166 cm³/mol. The van der Waals surface area contributed by atoms with Crippen molar-refractivity contribution in [1.82, 2.24) is 14.9 Å². The van der Waals surface area contributed by atoms with Gasteiger partial charge in [-0.15, -0.1) is 0 Å². The Hall–Kier alpha value is -3.24. The Bertz CT molecular complexity index is 1760. The lowest BCUT2D eigenvalue weighted by molar-refractivity contribution is 0.0981. The van der Waals surface area contributed by atoms with E-state index in [1.54, 1.807) is 30.4 Å². The molecule has 0 radical (unpaired) electrons. The van der Waals surface area contributed by atoms with E-state index in [1.807, 2.05) is 6.07 Å². The molecule has 3 fully saturated rings. The van der Waals surface area contributed by atoms with Gasteiger partial charge >= 0.3 is 0 Å². The number of fused-ring (bicyclic) bond motifs is 1. The monoisotopic (exact) mass is 604 g/mol. The van der Waals surface area contributed by atoms with Gasteiger partial charge in [-0.25, -0.2) is 18.1 Å². The molecule has 4 aromatic rings. The van der Waals surface area contributed by atoms with Gasteiger partial charge in [0.1, 0.15) is 11.5 Å². The summed E-state index contributed by atoms with van der Waals surface area (Å²) in [6.45, 7) is 5.70. The predicted octanol–water partition coefficient (Wildman–Crippen LogP) is 6.60. The van der Waals surface area contributed by atoms with Crippen molar-refractivity contribution in [2.45, 2.75) is 75.9 Å². The van der Waals surface area contributed by atoms with Crippen molar-refractivity contribution in [2.75, 3.05) is 18.0 Å². The van der Waals surface area contributed by atoms with E-state index < -0.39 is 20.7 Å². The number of aryl methyl sites for hydroxylation is 1. The van der Waals surface area contributed by atoms with Crippen LogP contribution >= 0.6 is 11.3 Å². The van der Waals surface area contributed by atoms with Crippen LogP contribution in [-0.2, 0) is 16.4 Å². The van der Waals surface area contributed by atoms with E-state index in [0.717, 1.165) is 65.6 Å². The molecule has 10 heteroatoms. The highest BCUT2D eigenvalue weighted by atomic mass is 32.2. The fourth-order valence-electron chi connectivity index (χ4n) is 5.98. The van der Waals surface area contributed by atoms with Crippen molar-refractivity contribution >= 4 is 42.6 Å². The average molecular weight is 605 g/mol. The molecule has 0 spiro atoms. The van der Waals surface area contributed by atoms with E-state index in [1.165, 1.54) is 29.5 Å². The largest absolute Gasteiger partial charge is 0.360 e. The van der Waals surface area contributed by atoms with Gasteiger partial charge in [0.15, 0.2) is 5.13 Å². The third-order valence-electron chi connectivity index (χ3n) is 9.32. The lowest BCUT2D eigenvalue weighted by atomic mass is 9.89. The van der Waals surface area contributed by atoms with Crippen molar-refractivity contribution < 1.29 is 17.7 Å². The number of carbonyl (C=O) groups is 1. The van der Waals surface area contributed by atoms with Gasteiger partial charge in [-0.3, -0.25) is 4.79 Å². The molecule has 3 heterocycles. The quantitative estimate of drug-likeness (QED) is 0.230. The number of sulfonamides is 1. The third-order valence-corrected chi connectivity index (χ3v) is 12.6. The Morgan fingerprint density at radius 3 is 2.60 bits per heavy atom. The minimum atomic E-state index is -3.67. The standard InChI is InChI=1S/C32H36N4O4S2/c1-20-5-3-4-6-24(20)28-25(29(40-34-28)22-8-9-22)11-7-21-13-17-36(18-14-21)31-33-26-12-10-23(19-27(26)41-31)30(37)35-42(38,39)32(2)15-16-32/h3-6,10,12,19,21-22H,7-9,11,13-18H2,1-2H3,(H,35,37). The lowest BCUT2D eigenvalue weighted by Gasteiger charge is -2.31. The van der Waals surface area contributed by atoms with Gasteiger partial charge in [0.2, 0.25) is 10.0 Å². The maximum absolute atomic E-state index is 12.7. The van der Waals surface area contributed by atoms with E-state index >= 15 is 0 Å². The van der Waals surface area contributed by atoms with Gasteiger partial charge in [-0.1, -0.05) is 40.8 Å². The molecule has 2 aromatic carbocycles. The zero-order valence-corrected chi connectivity index (χ0v) is 25.7. The second-order valence-electron chi connectivity index (χ2n) is 12.5. The molecule has 1 aliphatic heterocycles. The zero-order valence-electron chi connectivity index (χ0n) is 24.1. The second-order valence-corrected chi connectivity index (χ2v) is 15.7. The van der Waals surface area contributed by atoms with Gasteiger partial charge in [-0.2, -0.15) is 0 Å². The summed E-state index contributed by atoms with van der Waals surface area (Å²) in [5.74, 6) is 1.69. The summed E-state index contributed by atoms with van der Waals surface area (Å²) in [5, 5.41) is 5.50. The van der Waals surface area contributed by atoms with E-state index in [2.05, 4.69) is 46.0 Å². The number of rotatable bonds is 9. The number of piperidine rings is 1. The molecule has 7 rings (SSSR count). The maximum Gasteiger partial charge on any atom is 0.264 e. The van der Waals surface area contributed by atoms with E-state index in [0.29, 0.717) is 30.2 Å². The van der Waals surface area contributed by atoms with Gasteiger partial charge < -0.3 is 9.42 Å². The Morgan fingerprint density at radius 1 is 1.12 bits per heavy atom. The summed E-state index contributed by atoms with van der Waals surface area (Å²) >= 11 is 1.56. The lowest BCUT2D eigenvalue weighted by Crippen LogP contribution is -2.38. The molecular weight excluding hydrogens is 569 g/mol. The molecule has 0 bridgehead atoms. The number of amides is 1. The van der Waals surface area contributed by atoms with Crippen LogP contribution in [0.2, 0.25) is 0 Å². The van der Waals surface area contributed by atoms with E-state index in [9.17, 15) is 13.2 Å². The first-order valence-electron chi connectivity index (χ1n) is 15.0. The van der Waals surface area contributed by atoms with Gasteiger partial charge in [0.25, 0.3) is 5.91 Å². The Morgan fingerprint density at radius 2 is 1.88 bits per heavy atom. The summed E-state index contributed by atoms with van der Waals surface area (Å²) in [4.78, 5) is 19.9. The Labute approximate surface area is 250 Å². The minimum absolute atomic E-state index is 0.341. The second kappa shape index (κ2) is 10.5. The summed E-state index contributed by atoms with van der Waals surface area (Å²) < 4.78 is 33.2. The van der Waals surface area contributed by atoms with Gasteiger partial charge in [0.05, 0.1) is 15.0 Å². The van der Waals surface area contributed by atoms with Crippen LogP contribution < -0.4 is 9.62 Å². The highest BCUT2D eigenvalue weighted by molar-refractivity contribution is 7.91. The summed E-state index contributed by atoms with van der Waals surface area (Å²) in [6, 6.07) is 13.6. The van der Waals surface area contributed by atoms with Crippen LogP contribution in [0, 0.1) is 12.8 Å². The maximum atomic E-state index is 12.7. The molecule has 2 aromatic heterocycles. The molecule has 0 atom stereocenters. The first-order chi connectivity index (χ1) is 20.2. The number of carbonyl (C=O) groups excluding carboxylic acids is 1. The number of benzene rings is 2. The minimum Gasteiger partial charge on any atom is -0.360 e. The molecule has 2 aliphatic carbocycles. The van der Waals surface area contributed by atoms with Crippen LogP contribution in [-0.4, -0.2) is 42.3 Å². The molecule has 8 nitrogen and oxygen atoms in total. The van der Waals surface area contributed by atoms with Crippen molar-refractivity contribution in [3.63, 3.8) is 0 Å². The van der Waals surface area contributed by atoms with Crippen LogP contribution in [0.5, 0.6) is 0 Å². The first-order valence-corrected chi connectivity index (χ1v) is 17.3. The van der Waals surface area contributed by atoms with Gasteiger partial charge in [-0.05, 0) is 94.9 Å². The number of thiazole rings is 1. The van der Waals surface area contributed by atoms with Crippen LogP contribution in [0.4, 0.5) is 5.13 Å². The molecule has 2 saturated carbocycles. The van der Waals surface area contributed by atoms with E-state index in [-0.39, 0.29) is 0 Å². The van der Waals surface area contributed by atoms with Crippen molar-refractivity contribution in [2.24, 2.45) is 5.92 Å². The Balaban J connectivity index is 0.993. The normalized spacial score (nSPS) is 18.9. The number of hydrogen-bond donors (Lipinski definition) is 1. The molecule has 42 heavy (non-hydrogen) atoms. The molecule has 1 saturated heterocycles. The van der Waals surface area contributed by atoms with Crippen molar-refractivity contribution in [1.29, 1.82) is 0 Å². The molecule has 0 unspecified atom stereocenters. The van der Waals surface area contributed by atoms with E-state index in [4.69, 9.17) is 9.51 Å². The van der Waals surface area contributed by atoms with Crippen LogP contribution in [0.3, 0.4) is 0 Å². The summed E-state index contributed by atoms with van der Waals surface area (Å²) in [7, 11) is -3.67. The fraction of sp³-hybridized carbons (Fsp3) is 0.469. The highest BCUT2D eigenvalue weighted by Gasteiger charge is 2.50. The highest BCUT2D eigenvalue weighted by Crippen LogP contribution is 2.45. The number of anilines is 1. The van der Waals surface area contributed by atoms with Gasteiger partial charge in [0, 0.05) is 35.7 Å².